The topological polar surface area (TPSA) is 60.5 Å². The molecule has 2 aliphatic rings. The van der Waals surface area contributed by atoms with Crippen LogP contribution in [0.1, 0.15) is 17.9 Å². The minimum Gasteiger partial charge on any atom is -0.443 e. The normalized spacial score (nSPS) is 27.2. The first-order valence-corrected chi connectivity index (χ1v) is 5.82. The van der Waals surface area contributed by atoms with Crippen LogP contribution in [0, 0.1) is 0 Å². The Labute approximate surface area is 103 Å². The number of carbonyl (C=O) groups excluding carboxylic acids is 1. The van der Waals surface area contributed by atoms with E-state index in [2.05, 4.69) is 10.3 Å². The molecule has 3 rings (SSSR count). The highest BCUT2D eigenvalue weighted by Gasteiger charge is 2.35. The van der Waals surface area contributed by atoms with Gasteiger partial charge in [0.1, 0.15) is 11.9 Å². The van der Waals surface area contributed by atoms with Gasteiger partial charge in [0.05, 0.1) is 11.6 Å². The molecule has 1 N–H and O–H groups in total. The van der Waals surface area contributed by atoms with Crippen LogP contribution in [0.3, 0.4) is 0 Å². The smallest absolute Gasteiger partial charge is 0.413 e. The van der Waals surface area contributed by atoms with Gasteiger partial charge in [0.15, 0.2) is 0 Å². The predicted molar refractivity (Wildman–Crippen MR) is 61.3 cm³/mol. The summed E-state index contributed by atoms with van der Waals surface area (Å²) >= 11 is 5.95. The molecular formula is C11H11ClN2O3. The van der Waals surface area contributed by atoms with Gasteiger partial charge in [-0.3, -0.25) is 5.32 Å². The molecule has 1 aromatic rings. The van der Waals surface area contributed by atoms with Crippen molar-refractivity contribution in [2.45, 2.75) is 18.4 Å². The summed E-state index contributed by atoms with van der Waals surface area (Å²) in [4.78, 5) is 15.7. The maximum atomic E-state index is 11.5. The van der Waals surface area contributed by atoms with Gasteiger partial charge >= 0.3 is 6.09 Å². The van der Waals surface area contributed by atoms with Crippen molar-refractivity contribution in [2.75, 3.05) is 18.5 Å². The number of aromatic nitrogens is 1. The maximum absolute atomic E-state index is 11.5. The Kier molecular flexibility index (Phi) is 2.64. The fourth-order valence-electron chi connectivity index (χ4n) is 2.29. The molecule has 2 atom stereocenters. The minimum atomic E-state index is -0.487. The van der Waals surface area contributed by atoms with Crippen LogP contribution in [-0.4, -0.2) is 30.4 Å². The molecule has 0 aliphatic carbocycles. The van der Waals surface area contributed by atoms with Gasteiger partial charge in [-0.05, 0) is 12.5 Å². The largest absolute Gasteiger partial charge is 0.443 e. The van der Waals surface area contributed by atoms with Crippen molar-refractivity contribution in [1.82, 2.24) is 4.98 Å². The molecular weight excluding hydrogens is 244 g/mol. The van der Waals surface area contributed by atoms with E-state index in [0.29, 0.717) is 24.1 Å². The molecule has 0 aromatic carbocycles. The van der Waals surface area contributed by atoms with E-state index in [4.69, 9.17) is 21.1 Å². The van der Waals surface area contributed by atoms with E-state index in [-0.39, 0.29) is 12.0 Å². The first kappa shape index (κ1) is 10.8. The number of rotatable bonds is 0. The summed E-state index contributed by atoms with van der Waals surface area (Å²) < 4.78 is 10.6. The third-order valence-electron chi connectivity index (χ3n) is 3.07. The van der Waals surface area contributed by atoms with Gasteiger partial charge in [0.25, 0.3) is 0 Å². The molecule has 1 aromatic heterocycles. The van der Waals surface area contributed by atoms with Crippen molar-refractivity contribution in [3.63, 3.8) is 0 Å². The highest BCUT2D eigenvalue weighted by Crippen LogP contribution is 2.36. The lowest BCUT2D eigenvalue weighted by molar-refractivity contribution is -0.0245. The Morgan fingerprint density at radius 2 is 2.41 bits per heavy atom. The molecule has 2 unspecified atom stereocenters. The number of fused-ring (bicyclic) bond motifs is 3. The molecule has 0 spiro atoms. The Balaban J connectivity index is 2.07. The van der Waals surface area contributed by atoms with Crippen LogP contribution in [0.15, 0.2) is 12.3 Å². The summed E-state index contributed by atoms with van der Waals surface area (Å²) in [7, 11) is 0. The van der Waals surface area contributed by atoms with Crippen LogP contribution in [-0.2, 0) is 9.47 Å². The average Bonchev–Trinajstić information content (AvgIpc) is 2.45. The third kappa shape index (κ3) is 1.96. The van der Waals surface area contributed by atoms with Crippen LogP contribution in [0.2, 0.25) is 5.02 Å². The molecule has 90 valence electrons. The molecule has 17 heavy (non-hydrogen) atoms. The SMILES string of the molecule is O=C1Nc2ncc(Cl)cc2C2CCOCC2O1. The number of anilines is 1. The predicted octanol–water partition coefficient (Wildman–Crippen LogP) is 2.17. The fourth-order valence-corrected chi connectivity index (χ4v) is 2.46. The lowest BCUT2D eigenvalue weighted by atomic mass is 9.90. The van der Waals surface area contributed by atoms with Crippen LogP contribution < -0.4 is 5.32 Å². The number of nitrogens with one attached hydrogen (secondary N) is 1. The number of pyridine rings is 1. The van der Waals surface area contributed by atoms with Gasteiger partial charge < -0.3 is 9.47 Å². The zero-order chi connectivity index (χ0) is 11.8. The fraction of sp³-hybridized carbons (Fsp3) is 0.455. The van der Waals surface area contributed by atoms with E-state index in [1.165, 1.54) is 6.20 Å². The summed E-state index contributed by atoms with van der Waals surface area (Å²) in [5, 5.41) is 3.18. The molecule has 1 amide bonds. The van der Waals surface area contributed by atoms with E-state index >= 15 is 0 Å². The van der Waals surface area contributed by atoms with Gasteiger partial charge in [-0.15, -0.1) is 0 Å². The van der Waals surface area contributed by atoms with E-state index in [0.717, 1.165) is 12.0 Å². The Bertz CT molecular complexity index is 466. The van der Waals surface area contributed by atoms with Crippen molar-refractivity contribution < 1.29 is 14.3 Å². The van der Waals surface area contributed by atoms with Crippen molar-refractivity contribution in [2.24, 2.45) is 0 Å². The number of ether oxygens (including phenoxy) is 2. The summed E-state index contributed by atoms with van der Waals surface area (Å²) in [6.45, 7) is 1.08. The zero-order valence-corrected chi connectivity index (χ0v) is 9.74. The number of amides is 1. The summed E-state index contributed by atoms with van der Waals surface area (Å²) in [6, 6.07) is 1.84. The Hall–Kier alpha value is -1.33. The van der Waals surface area contributed by atoms with Crippen molar-refractivity contribution >= 4 is 23.5 Å². The monoisotopic (exact) mass is 254 g/mol. The summed E-state index contributed by atoms with van der Waals surface area (Å²) in [5.41, 5.74) is 0.927. The van der Waals surface area contributed by atoms with Crippen LogP contribution in [0.5, 0.6) is 0 Å². The first-order valence-electron chi connectivity index (χ1n) is 5.45. The van der Waals surface area contributed by atoms with Gasteiger partial charge in [-0.2, -0.15) is 0 Å². The highest BCUT2D eigenvalue weighted by atomic mass is 35.5. The molecule has 0 radical (unpaired) electrons. The number of nitrogens with zero attached hydrogens (tertiary/aromatic N) is 1. The van der Waals surface area contributed by atoms with E-state index in [1.807, 2.05) is 6.07 Å². The number of halogens is 1. The van der Waals surface area contributed by atoms with Gasteiger partial charge in [-0.25, -0.2) is 9.78 Å². The molecule has 0 bridgehead atoms. The quantitative estimate of drug-likeness (QED) is 0.771. The number of carbonyl (C=O) groups is 1. The minimum absolute atomic E-state index is 0.101. The third-order valence-corrected chi connectivity index (χ3v) is 3.27. The van der Waals surface area contributed by atoms with Gasteiger partial charge in [0.2, 0.25) is 0 Å². The molecule has 2 aliphatic heterocycles. The van der Waals surface area contributed by atoms with Crippen molar-refractivity contribution in [3.8, 4) is 0 Å². The Morgan fingerprint density at radius 1 is 1.53 bits per heavy atom. The van der Waals surface area contributed by atoms with Crippen LogP contribution in [0.25, 0.3) is 0 Å². The molecule has 1 saturated heterocycles. The second-order valence-corrected chi connectivity index (χ2v) is 4.57. The average molecular weight is 255 g/mol. The van der Waals surface area contributed by atoms with Crippen molar-refractivity contribution in [1.29, 1.82) is 0 Å². The van der Waals surface area contributed by atoms with Crippen molar-refractivity contribution in [3.05, 3.63) is 22.8 Å². The van der Waals surface area contributed by atoms with Crippen LogP contribution >= 0.6 is 11.6 Å². The summed E-state index contributed by atoms with van der Waals surface area (Å²) in [5.74, 6) is 0.637. The lowest BCUT2D eigenvalue weighted by Crippen LogP contribution is -2.33. The number of hydrogen-bond acceptors (Lipinski definition) is 4. The summed E-state index contributed by atoms with van der Waals surface area (Å²) in [6.07, 6.45) is 1.57. The van der Waals surface area contributed by atoms with Crippen LogP contribution in [0.4, 0.5) is 10.6 Å². The standard InChI is InChI=1S/C11H11ClN2O3/c12-6-3-8-7-1-2-16-5-9(7)17-11(15)14-10(8)13-4-6/h3-4,7,9H,1-2,5H2,(H,13,14,15). The first-order chi connectivity index (χ1) is 8.24. The molecule has 5 nitrogen and oxygen atoms in total. The molecule has 1 fully saturated rings. The van der Waals surface area contributed by atoms with E-state index < -0.39 is 6.09 Å². The molecule has 3 heterocycles. The second kappa shape index (κ2) is 4.16. The highest BCUT2D eigenvalue weighted by molar-refractivity contribution is 6.30. The van der Waals surface area contributed by atoms with Gasteiger partial charge in [-0.1, -0.05) is 11.6 Å². The molecule has 0 saturated carbocycles. The Morgan fingerprint density at radius 3 is 3.29 bits per heavy atom. The molecule has 6 heteroatoms. The lowest BCUT2D eigenvalue weighted by Gasteiger charge is -2.29. The van der Waals surface area contributed by atoms with E-state index in [9.17, 15) is 4.79 Å². The number of hydrogen-bond donors (Lipinski definition) is 1. The zero-order valence-electron chi connectivity index (χ0n) is 8.98. The maximum Gasteiger partial charge on any atom is 0.413 e. The van der Waals surface area contributed by atoms with E-state index in [1.54, 1.807) is 0 Å². The van der Waals surface area contributed by atoms with Gasteiger partial charge in [0, 0.05) is 24.3 Å². The second-order valence-electron chi connectivity index (χ2n) is 4.13.